The Bertz CT molecular complexity index is 804. The molecule has 0 atom stereocenters. The largest absolute Gasteiger partial charge is 0.366 e. The molecule has 0 spiro atoms. The lowest BCUT2D eigenvalue weighted by atomic mass is 10.0. The Balaban J connectivity index is 2.60. The molecule has 0 saturated carbocycles. The molecule has 0 aliphatic heterocycles. The summed E-state index contributed by atoms with van der Waals surface area (Å²) in [4.78, 5) is 25.1. The zero-order chi connectivity index (χ0) is 18.0. The third-order valence-electron chi connectivity index (χ3n) is 3.66. The minimum atomic E-state index is -0.764. The molecule has 0 heterocycles. The van der Waals surface area contributed by atoms with Crippen LogP contribution in [0.5, 0.6) is 0 Å². The summed E-state index contributed by atoms with van der Waals surface area (Å²) in [6.45, 7) is 3.49. The number of hydrogen-bond donors (Lipinski definition) is 1. The molecule has 6 heteroatoms. The molecule has 0 bridgehead atoms. The monoisotopic (exact) mass is 332 g/mol. The average molecular weight is 332 g/mol. The first kappa shape index (κ1) is 17.6. The first-order valence-corrected chi connectivity index (χ1v) is 7.38. The van der Waals surface area contributed by atoms with Crippen molar-refractivity contribution in [2.45, 2.75) is 13.8 Å². The second-order valence-electron chi connectivity index (χ2n) is 5.81. The van der Waals surface area contributed by atoms with Gasteiger partial charge in [0.1, 0.15) is 11.6 Å². The normalized spacial score (nSPS) is 10.8. The smallest absolute Gasteiger partial charge is 0.248 e. The Morgan fingerprint density at radius 3 is 2.29 bits per heavy atom. The lowest BCUT2D eigenvalue weighted by molar-refractivity contribution is -0.121. The van der Waals surface area contributed by atoms with Crippen LogP contribution in [0.1, 0.15) is 24.2 Å². The highest BCUT2D eigenvalue weighted by Crippen LogP contribution is 2.29. The maximum atomic E-state index is 14.1. The van der Waals surface area contributed by atoms with Crippen LogP contribution in [0.3, 0.4) is 0 Å². The van der Waals surface area contributed by atoms with E-state index in [2.05, 4.69) is 0 Å². The van der Waals surface area contributed by atoms with Crippen molar-refractivity contribution in [1.29, 1.82) is 0 Å². The van der Waals surface area contributed by atoms with Crippen LogP contribution in [0, 0.1) is 17.6 Å². The summed E-state index contributed by atoms with van der Waals surface area (Å²) in [7, 11) is 1.56. The molecule has 24 heavy (non-hydrogen) atoms. The molecule has 126 valence electrons. The highest BCUT2D eigenvalue weighted by atomic mass is 19.1. The van der Waals surface area contributed by atoms with E-state index in [9.17, 15) is 18.4 Å². The van der Waals surface area contributed by atoms with Crippen molar-refractivity contribution in [3.05, 3.63) is 53.6 Å². The summed E-state index contributed by atoms with van der Waals surface area (Å²) in [5, 5.41) is 0. The summed E-state index contributed by atoms with van der Waals surface area (Å²) in [5.74, 6) is -2.58. The van der Waals surface area contributed by atoms with Crippen LogP contribution in [0.2, 0.25) is 0 Å². The van der Waals surface area contributed by atoms with E-state index in [1.54, 1.807) is 27.0 Å². The topological polar surface area (TPSA) is 63.4 Å². The fourth-order valence-electron chi connectivity index (χ4n) is 2.34. The van der Waals surface area contributed by atoms with Gasteiger partial charge in [0.2, 0.25) is 11.8 Å². The van der Waals surface area contributed by atoms with Crippen LogP contribution in [-0.4, -0.2) is 18.9 Å². The molecule has 0 aliphatic carbocycles. The molecule has 0 unspecified atom stereocenters. The Labute approximate surface area is 138 Å². The lowest BCUT2D eigenvalue weighted by Crippen LogP contribution is -2.30. The van der Waals surface area contributed by atoms with Crippen molar-refractivity contribution >= 4 is 17.5 Å². The number of anilines is 1. The van der Waals surface area contributed by atoms with Gasteiger partial charge in [-0.3, -0.25) is 9.59 Å². The van der Waals surface area contributed by atoms with Gasteiger partial charge in [-0.15, -0.1) is 0 Å². The number of carbonyl (C=O) groups is 2. The summed E-state index contributed by atoms with van der Waals surface area (Å²) in [6.07, 6.45) is 0. The van der Waals surface area contributed by atoms with Gasteiger partial charge >= 0.3 is 0 Å². The highest BCUT2D eigenvalue weighted by molar-refractivity contribution is 5.99. The van der Waals surface area contributed by atoms with Crippen molar-refractivity contribution in [2.24, 2.45) is 11.7 Å². The molecule has 0 aliphatic rings. The van der Waals surface area contributed by atoms with Gasteiger partial charge in [-0.05, 0) is 35.9 Å². The van der Waals surface area contributed by atoms with Gasteiger partial charge in [0, 0.05) is 35.8 Å². The number of halogens is 2. The summed E-state index contributed by atoms with van der Waals surface area (Å²) >= 11 is 0. The van der Waals surface area contributed by atoms with E-state index in [0.717, 1.165) is 12.1 Å². The van der Waals surface area contributed by atoms with Gasteiger partial charge in [-0.25, -0.2) is 8.78 Å². The maximum absolute atomic E-state index is 14.1. The van der Waals surface area contributed by atoms with Gasteiger partial charge in [-0.1, -0.05) is 13.8 Å². The predicted molar refractivity (Wildman–Crippen MR) is 88.6 cm³/mol. The van der Waals surface area contributed by atoms with Crippen molar-refractivity contribution in [3.8, 4) is 11.1 Å². The molecule has 0 radical (unpaired) electrons. The van der Waals surface area contributed by atoms with Crippen LogP contribution >= 0.6 is 0 Å². The third kappa shape index (κ3) is 3.59. The van der Waals surface area contributed by atoms with Crippen molar-refractivity contribution in [3.63, 3.8) is 0 Å². The molecule has 2 N–H and O–H groups in total. The van der Waals surface area contributed by atoms with Gasteiger partial charge in [0.05, 0.1) is 0 Å². The molecule has 4 nitrogen and oxygen atoms in total. The van der Waals surface area contributed by atoms with Gasteiger partial charge in [0.25, 0.3) is 0 Å². The Hall–Kier alpha value is -2.76. The highest BCUT2D eigenvalue weighted by Gasteiger charge is 2.18. The number of amides is 2. The molecular weight excluding hydrogens is 314 g/mol. The van der Waals surface area contributed by atoms with E-state index >= 15 is 0 Å². The molecular formula is C18H18F2N2O2. The first-order valence-electron chi connectivity index (χ1n) is 7.38. The molecule has 0 aromatic heterocycles. The number of benzene rings is 2. The van der Waals surface area contributed by atoms with E-state index in [1.807, 2.05) is 0 Å². The van der Waals surface area contributed by atoms with Crippen molar-refractivity contribution < 1.29 is 18.4 Å². The minimum absolute atomic E-state index is 0.117. The molecule has 2 rings (SSSR count). The van der Waals surface area contributed by atoms with E-state index in [-0.39, 0.29) is 23.0 Å². The standard InChI is InChI=1S/C18H18F2N2O2/c1-10(2)18(24)22(3)14-7-11(6-12(8-14)17(21)23)15-5-4-13(19)9-16(15)20/h4-10H,1-3H3,(H2,21,23). The lowest BCUT2D eigenvalue weighted by Gasteiger charge is -2.21. The van der Waals surface area contributed by atoms with E-state index in [4.69, 9.17) is 5.73 Å². The molecule has 2 amide bonds. The average Bonchev–Trinajstić information content (AvgIpc) is 2.52. The summed E-state index contributed by atoms with van der Waals surface area (Å²) < 4.78 is 27.2. The van der Waals surface area contributed by atoms with Crippen LogP contribution < -0.4 is 10.6 Å². The zero-order valence-electron chi connectivity index (χ0n) is 13.6. The Morgan fingerprint density at radius 2 is 1.75 bits per heavy atom. The van der Waals surface area contributed by atoms with E-state index in [0.29, 0.717) is 11.3 Å². The second-order valence-corrected chi connectivity index (χ2v) is 5.81. The summed E-state index contributed by atoms with van der Waals surface area (Å²) in [5.41, 5.74) is 6.32. The fourth-order valence-corrected chi connectivity index (χ4v) is 2.34. The van der Waals surface area contributed by atoms with Crippen LogP contribution in [0.15, 0.2) is 36.4 Å². The van der Waals surface area contributed by atoms with E-state index in [1.165, 1.54) is 23.1 Å². The van der Waals surface area contributed by atoms with Crippen molar-refractivity contribution in [1.82, 2.24) is 0 Å². The predicted octanol–water partition coefficient (Wildman–Crippen LogP) is 3.35. The van der Waals surface area contributed by atoms with Crippen LogP contribution in [0.4, 0.5) is 14.5 Å². The Kier molecular flexibility index (Phi) is 4.97. The SMILES string of the molecule is CC(C)C(=O)N(C)c1cc(C(N)=O)cc(-c2ccc(F)cc2F)c1. The number of nitrogens with zero attached hydrogens (tertiary/aromatic N) is 1. The quantitative estimate of drug-likeness (QED) is 0.933. The number of primary amides is 1. The number of carbonyl (C=O) groups excluding carboxylic acids is 2. The van der Waals surface area contributed by atoms with Gasteiger partial charge < -0.3 is 10.6 Å². The third-order valence-corrected chi connectivity index (χ3v) is 3.66. The minimum Gasteiger partial charge on any atom is -0.366 e. The van der Waals surface area contributed by atoms with Gasteiger partial charge in [0.15, 0.2) is 0 Å². The molecule has 2 aromatic rings. The number of hydrogen-bond acceptors (Lipinski definition) is 2. The number of rotatable bonds is 4. The summed E-state index contributed by atoms with van der Waals surface area (Å²) in [6, 6.07) is 7.60. The molecule has 0 saturated heterocycles. The first-order chi connectivity index (χ1) is 11.2. The van der Waals surface area contributed by atoms with Crippen molar-refractivity contribution in [2.75, 3.05) is 11.9 Å². The molecule has 0 fully saturated rings. The Morgan fingerprint density at radius 1 is 1.08 bits per heavy atom. The van der Waals surface area contributed by atoms with Crippen LogP contribution in [-0.2, 0) is 4.79 Å². The van der Waals surface area contributed by atoms with Gasteiger partial charge in [-0.2, -0.15) is 0 Å². The van der Waals surface area contributed by atoms with Crippen LogP contribution in [0.25, 0.3) is 11.1 Å². The second kappa shape index (κ2) is 6.78. The fraction of sp³-hybridized carbons (Fsp3) is 0.222. The molecule has 2 aromatic carbocycles. The van der Waals surface area contributed by atoms with E-state index < -0.39 is 17.5 Å². The maximum Gasteiger partial charge on any atom is 0.248 e. The zero-order valence-corrected chi connectivity index (χ0v) is 13.6. The number of nitrogens with two attached hydrogens (primary N) is 1.